The number of Topliss-reactive ketones (excluding diaryl/α,β-unsaturated/α-hetero) is 1. The molecule has 0 atom stereocenters. The van der Waals surface area contributed by atoms with E-state index in [1.54, 1.807) is 36.7 Å². The van der Waals surface area contributed by atoms with Gasteiger partial charge in [0, 0.05) is 12.4 Å². The predicted octanol–water partition coefficient (Wildman–Crippen LogP) is 3.39. The molecule has 27 heavy (non-hydrogen) atoms. The van der Waals surface area contributed by atoms with Gasteiger partial charge < -0.3 is 4.98 Å². The summed E-state index contributed by atoms with van der Waals surface area (Å²) in [6, 6.07) is 14.4. The first kappa shape index (κ1) is 17.2. The molecule has 4 aromatic rings. The van der Waals surface area contributed by atoms with Crippen molar-refractivity contribution in [1.29, 1.82) is 0 Å². The SMILES string of the molecule is Cc1cccnc1-n1c(SCC(=O)c2ccc[nH]2)nc2ccccc2c1=O. The van der Waals surface area contributed by atoms with Gasteiger partial charge in [0.05, 0.1) is 22.3 Å². The minimum absolute atomic E-state index is 0.0586. The van der Waals surface area contributed by atoms with Crippen LogP contribution in [0.15, 0.2) is 70.9 Å². The third-order valence-electron chi connectivity index (χ3n) is 4.17. The number of carbonyl (C=O) groups is 1. The van der Waals surface area contributed by atoms with Crippen molar-refractivity contribution in [1.82, 2.24) is 19.5 Å². The highest BCUT2D eigenvalue weighted by molar-refractivity contribution is 7.99. The average molecular weight is 376 g/mol. The van der Waals surface area contributed by atoms with Crippen LogP contribution in [-0.2, 0) is 0 Å². The lowest BCUT2D eigenvalue weighted by Gasteiger charge is -2.13. The molecule has 0 saturated carbocycles. The van der Waals surface area contributed by atoms with E-state index in [9.17, 15) is 9.59 Å². The van der Waals surface area contributed by atoms with Gasteiger partial charge in [0.1, 0.15) is 5.82 Å². The quantitative estimate of drug-likeness (QED) is 0.328. The van der Waals surface area contributed by atoms with E-state index in [0.29, 0.717) is 27.6 Å². The van der Waals surface area contributed by atoms with Crippen LogP contribution >= 0.6 is 11.8 Å². The summed E-state index contributed by atoms with van der Waals surface area (Å²) in [5, 5.41) is 0.961. The second-order valence-corrected chi connectivity index (χ2v) is 6.93. The van der Waals surface area contributed by atoms with Crippen molar-refractivity contribution in [3.8, 4) is 5.82 Å². The smallest absolute Gasteiger partial charge is 0.267 e. The highest BCUT2D eigenvalue weighted by Gasteiger charge is 2.17. The number of aromatic amines is 1. The van der Waals surface area contributed by atoms with Crippen LogP contribution in [0.2, 0.25) is 0 Å². The number of pyridine rings is 1. The Morgan fingerprint density at radius 3 is 2.78 bits per heavy atom. The van der Waals surface area contributed by atoms with Gasteiger partial charge in [0.25, 0.3) is 5.56 Å². The van der Waals surface area contributed by atoms with Gasteiger partial charge >= 0.3 is 0 Å². The summed E-state index contributed by atoms with van der Waals surface area (Å²) < 4.78 is 1.49. The Labute approximate surface area is 159 Å². The molecule has 4 rings (SSSR count). The summed E-state index contributed by atoms with van der Waals surface area (Å²) in [6.07, 6.45) is 3.35. The lowest BCUT2D eigenvalue weighted by Crippen LogP contribution is -2.23. The van der Waals surface area contributed by atoms with Crippen LogP contribution in [-0.4, -0.2) is 31.1 Å². The second-order valence-electron chi connectivity index (χ2n) is 5.99. The zero-order chi connectivity index (χ0) is 18.8. The molecule has 0 bridgehead atoms. The molecule has 0 amide bonds. The number of hydrogen-bond acceptors (Lipinski definition) is 5. The van der Waals surface area contributed by atoms with Crippen LogP contribution in [0, 0.1) is 6.92 Å². The highest BCUT2D eigenvalue weighted by atomic mass is 32.2. The Morgan fingerprint density at radius 1 is 1.15 bits per heavy atom. The highest BCUT2D eigenvalue weighted by Crippen LogP contribution is 2.22. The van der Waals surface area contributed by atoms with Crippen molar-refractivity contribution in [2.45, 2.75) is 12.1 Å². The fourth-order valence-electron chi connectivity index (χ4n) is 2.82. The largest absolute Gasteiger partial charge is 0.359 e. The minimum Gasteiger partial charge on any atom is -0.359 e. The van der Waals surface area contributed by atoms with Crippen LogP contribution in [0.5, 0.6) is 0 Å². The van der Waals surface area contributed by atoms with Crippen LogP contribution in [0.3, 0.4) is 0 Å². The van der Waals surface area contributed by atoms with E-state index in [2.05, 4.69) is 15.0 Å². The molecule has 1 N–H and O–H groups in total. The summed E-state index contributed by atoms with van der Waals surface area (Å²) in [6.45, 7) is 1.89. The zero-order valence-electron chi connectivity index (χ0n) is 14.5. The van der Waals surface area contributed by atoms with E-state index in [0.717, 1.165) is 5.56 Å². The monoisotopic (exact) mass is 376 g/mol. The standard InChI is InChI=1S/C20H16N4O2S/c1-13-6-4-11-22-18(13)24-19(26)14-7-2-3-8-15(14)23-20(24)27-12-17(25)16-9-5-10-21-16/h2-11,21H,12H2,1H3. The number of thioether (sulfide) groups is 1. The molecule has 0 aliphatic carbocycles. The summed E-state index contributed by atoms with van der Waals surface area (Å²) in [7, 11) is 0. The predicted molar refractivity (Wildman–Crippen MR) is 106 cm³/mol. The summed E-state index contributed by atoms with van der Waals surface area (Å²) in [4.78, 5) is 37.4. The zero-order valence-corrected chi connectivity index (χ0v) is 15.4. The van der Waals surface area contributed by atoms with Crippen molar-refractivity contribution in [2.24, 2.45) is 0 Å². The van der Waals surface area contributed by atoms with Crippen molar-refractivity contribution < 1.29 is 4.79 Å². The van der Waals surface area contributed by atoms with E-state index in [1.807, 2.05) is 31.2 Å². The van der Waals surface area contributed by atoms with E-state index < -0.39 is 0 Å². The Bertz CT molecular complexity index is 1180. The van der Waals surface area contributed by atoms with Crippen molar-refractivity contribution >= 4 is 28.4 Å². The first-order valence-corrected chi connectivity index (χ1v) is 9.37. The number of carbonyl (C=O) groups excluding carboxylic acids is 1. The molecule has 3 heterocycles. The number of H-pyrrole nitrogens is 1. The number of ketones is 1. The van der Waals surface area contributed by atoms with Gasteiger partial charge in [0.2, 0.25) is 0 Å². The van der Waals surface area contributed by atoms with Crippen LogP contribution < -0.4 is 5.56 Å². The molecule has 0 radical (unpaired) electrons. The summed E-state index contributed by atoms with van der Waals surface area (Å²) in [5.41, 5.74) is 1.79. The van der Waals surface area contributed by atoms with Crippen molar-refractivity contribution in [3.63, 3.8) is 0 Å². The van der Waals surface area contributed by atoms with Gasteiger partial charge in [-0.15, -0.1) is 0 Å². The van der Waals surface area contributed by atoms with Crippen LogP contribution in [0.1, 0.15) is 16.1 Å². The number of nitrogens with one attached hydrogen (secondary N) is 1. The van der Waals surface area contributed by atoms with Gasteiger partial charge in [-0.1, -0.05) is 30.0 Å². The lowest BCUT2D eigenvalue weighted by atomic mass is 10.2. The third kappa shape index (κ3) is 3.29. The van der Waals surface area contributed by atoms with Gasteiger partial charge in [-0.2, -0.15) is 0 Å². The lowest BCUT2D eigenvalue weighted by molar-refractivity contribution is 0.101. The molecular formula is C20H16N4O2S. The van der Waals surface area contributed by atoms with Crippen LogP contribution in [0.25, 0.3) is 16.7 Å². The van der Waals surface area contributed by atoms with Gasteiger partial charge in [-0.3, -0.25) is 9.59 Å². The maximum absolute atomic E-state index is 13.2. The van der Waals surface area contributed by atoms with Gasteiger partial charge in [0.15, 0.2) is 10.9 Å². The third-order valence-corrected chi connectivity index (χ3v) is 5.11. The molecular weight excluding hydrogens is 360 g/mol. The number of nitrogens with zero attached hydrogens (tertiary/aromatic N) is 3. The molecule has 0 saturated heterocycles. The van der Waals surface area contributed by atoms with Gasteiger partial charge in [-0.25, -0.2) is 14.5 Å². The number of aromatic nitrogens is 4. The van der Waals surface area contributed by atoms with Crippen molar-refractivity contribution in [3.05, 3.63) is 82.5 Å². The number of hydrogen-bond donors (Lipinski definition) is 1. The molecule has 0 aliphatic heterocycles. The topological polar surface area (TPSA) is 80.6 Å². The van der Waals surface area contributed by atoms with Gasteiger partial charge in [-0.05, 0) is 42.8 Å². The molecule has 7 heteroatoms. The normalized spacial score (nSPS) is 11.0. The number of rotatable bonds is 5. The number of para-hydroxylation sites is 1. The molecule has 0 spiro atoms. The van der Waals surface area contributed by atoms with Crippen molar-refractivity contribution in [2.75, 3.05) is 5.75 Å². The maximum atomic E-state index is 13.2. The second kappa shape index (κ2) is 7.20. The van der Waals surface area contributed by atoms with E-state index in [4.69, 9.17) is 0 Å². The molecule has 3 aromatic heterocycles. The maximum Gasteiger partial charge on any atom is 0.267 e. The summed E-state index contributed by atoms with van der Waals surface area (Å²) >= 11 is 1.23. The Morgan fingerprint density at radius 2 is 2.00 bits per heavy atom. The molecule has 134 valence electrons. The number of fused-ring (bicyclic) bond motifs is 1. The number of benzene rings is 1. The minimum atomic E-state index is -0.197. The van der Waals surface area contributed by atoms with E-state index in [-0.39, 0.29) is 17.1 Å². The fourth-order valence-corrected chi connectivity index (χ4v) is 3.70. The first-order valence-electron chi connectivity index (χ1n) is 8.38. The Balaban J connectivity index is 1.83. The summed E-state index contributed by atoms with van der Waals surface area (Å²) in [5.74, 6) is 0.629. The Hall–Kier alpha value is -3.19. The van der Waals surface area contributed by atoms with E-state index >= 15 is 0 Å². The average Bonchev–Trinajstić information content (AvgIpc) is 3.22. The Kier molecular flexibility index (Phi) is 4.60. The van der Waals surface area contributed by atoms with Crippen LogP contribution in [0.4, 0.5) is 0 Å². The molecule has 0 unspecified atom stereocenters. The van der Waals surface area contributed by atoms with E-state index in [1.165, 1.54) is 16.3 Å². The molecule has 0 fully saturated rings. The first-order chi connectivity index (χ1) is 13.1. The fraction of sp³-hybridized carbons (Fsp3) is 0.100. The number of aryl methyl sites for hydroxylation is 1. The molecule has 6 nitrogen and oxygen atoms in total. The molecule has 0 aliphatic rings. The molecule has 1 aromatic carbocycles.